The summed E-state index contributed by atoms with van der Waals surface area (Å²) < 4.78 is 45.4. The number of nitrogens with zero attached hydrogens (tertiary/aromatic N) is 3. The van der Waals surface area contributed by atoms with Crippen LogP contribution in [0.2, 0.25) is 0 Å². The van der Waals surface area contributed by atoms with Crippen molar-refractivity contribution in [2.75, 3.05) is 26.6 Å². The van der Waals surface area contributed by atoms with Gasteiger partial charge in [-0.05, 0) is 72.0 Å². The molecule has 1 amide bonds. The number of aromatic nitrogens is 2. The Hall–Kier alpha value is -3.38. The van der Waals surface area contributed by atoms with Crippen LogP contribution in [0.5, 0.6) is 17.2 Å². The van der Waals surface area contributed by atoms with Gasteiger partial charge >= 0.3 is 0 Å². The molecule has 0 saturated carbocycles. The molecular weight excluding hydrogens is 528 g/mol. The summed E-state index contributed by atoms with van der Waals surface area (Å²) in [5, 5.41) is 2.72. The van der Waals surface area contributed by atoms with E-state index in [2.05, 4.69) is 35.9 Å². The first-order valence-electron chi connectivity index (χ1n) is 9.79. The first-order chi connectivity index (χ1) is 16.1. The third-order valence-electron chi connectivity index (χ3n) is 4.59. The van der Waals surface area contributed by atoms with Crippen LogP contribution in [0.4, 0.5) is 11.5 Å². The Kier molecular flexibility index (Phi) is 7.62. The van der Waals surface area contributed by atoms with Gasteiger partial charge in [-0.1, -0.05) is 0 Å². The fourth-order valence-corrected chi connectivity index (χ4v) is 4.68. The fraction of sp³-hybridized carbons (Fsp3) is 0.227. The molecule has 0 bridgehead atoms. The number of rotatable bonds is 8. The van der Waals surface area contributed by atoms with Crippen molar-refractivity contribution in [3.05, 3.63) is 62.7 Å². The SMILES string of the molecule is COc1cc(C(=O)Nc2ccc(S(=O)(=O)[N-]c3cc(C)nc(C)n3)cc2)c(Br)c(OC)c1OC. The highest BCUT2D eigenvalue weighted by Gasteiger charge is 2.23. The van der Waals surface area contributed by atoms with Gasteiger partial charge in [0.25, 0.3) is 5.91 Å². The van der Waals surface area contributed by atoms with Crippen molar-refractivity contribution in [1.29, 1.82) is 0 Å². The van der Waals surface area contributed by atoms with Crippen LogP contribution in [0.3, 0.4) is 0 Å². The van der Waals surface area contributed by atoms with Crippen molar-refractivity contribution in [1.82, 2.24) is 9.97 Å². The van der Waals surface area contributed by atoms with E-state index < -0.39 is 15.9 Å². The van der Waals surface area contributed by atoms with E-state index >= 15 is 0 Å². The van der Waals surface area contributed by atoms with Gasteiger partial charge in [0.1, 0.15) is 0 Å². The highest BCUT2D eigenvalue weighted by Crippen LogP contribution is 2.44. The molecule has 3 aromatic rings. The highest BCUT2D eigenvalue weighted by atomic mass is 79.9. The summed E-state index contributed by atoms with van der Waals surface area (Å²) in [6.45, 7) is 3.38. The Morgan fingerprint density at radius 3 is 2.18 bits per heavy atom. The molecule has 1 N–H and O–H groups in total. The molecule has 0 fully saturated rings. The Balaban J connectivity index is 1.82. The molecule has 1 heterocycles. The van der Waals surface area contributed by atoms with E-state index in [0.717, 1.165) is 0 Å². The number of amides is 1. The normalized spacial score (nSPS) is 11.0. The number of nitrogens with one attached hydrogen (secondary N) is 1. The summed E-state index contributed by atoms with van der Waals surface area (Å²) in [5.74, 6) is 0.940. The Morgan fingerprint density at radius 1 is 0.971 bits per heavy atom. The smallest absolute Gasteiger partial charge is 0.257 e. The first kappa shape index (κ1) is 25.2. The lowest BCUT2D eigenvalue weighted by atomic mass is 10.1. The zero-order valence-corrected chi connectivity index (χ0v) is 21.4. The zero-order valence-electron chi connectivity index (χ0n) is 19.0. The van der Waals surface area contributed by atoms with Crippen LogP contribution in [0.15, 0.2) is 45.8 Å². The van der Waals surface area contributed by atoms with Gasteiger partial charge in [0.05, 0.1) is 36.3 Å². The molecule has 180 valence electrons. The number of halogens is 1. The molecule has 0 saturated heterocycles. The number of methoxy groups -OCH3 is 3. The number of hydrogen-bond donors (Lipinski definition) is 1. The van der Waals surface area contributed by atoms with E-state index in [9.17, 15) is 13.2 Å². The topological polar surface area (TPSA) is 131 Å². The first-order valence-corrected chi connectivity index (χ1v) is 12.0. The van der Waals surface area contributed by atoms with E-state index in [1.165, 1.54) is 57.7 Å². The third-order valence-corrected chi connectivity index (χ3v) is 6.67. The van der Waals surface area contributed by atoms with Gasteiger partial charge in [-0.15, -0.1) is 0 Å². The highest BCUT2D eigenvalue weighted by molar-refractivity contribution is 9.10. The summed E-state index contributed by atoms with van der Waals surface area (Å²) in [7, 11) is 0.339. The van der Waals surface area contributed by atoms with Gasteiger partial charge in [-0.3, -0.25) is 9.78 Å². The number of sulfonamides is 1. The van der Waals surface area contributed by atoms with Gasteiger partial charge in [0.15, 0.2) is 11.5 Å². The molecule has 0 unspecified atom stereocenters. The van der Waals surface area contributed by atoms with Gasteiger partial charge in [-0.25, -0.2) is 8.42 Å². The maximum atomic E-state index is 12.9. The standard InChI is InChI=1S/C22H23BrN4O6S/c1-12-10-18(25-13(2)24-12)27-34(29,30)15-8-6-14(7-9-15)26-22(28)16-11-17(31-3)20(32-4)21(33-5)19(16)23/h6-11H,1-5H3,(H2,24,25,26,27,28)/p-1. The van der Waals surface area contributed by atoms with Crippen molar-refractivity contribution < 1.29 is 27.4 Å². The lowest BCUT2D eigenvalue weighted by molar-refractivity contribution is 0.102. The molecule has 0 radical (unpaired) electrons. The van der Waals surface area contributed by atoms with E-state index in [1.54, 1.807) is 13.8 Å². The molecule has 2 aromatic carbocycles. The second-order valence-electron chi connectivity index (χ2n) is 6.97. The Morgan fingerprint density at radius 2 is 1.62 bits per heavy atom. The van der Waals surface area contributed by atoms with Crippen LogP contribution in [0, 0.1) is 13.8 Å². The van der Waals surface area contributed by atoms with Crippen LogP contribution in [-0.4, -0.2) is 45.6 Å². The van der Waals surface area contributed by atoms with E-state index in [4.69, 9.17) is 14.2 Å². The minimum absolute atomic E-state index is 0.0478. The number of carbonyl (C=O) groups is 1. The number of benzene rings is 2. The second-order valence-corrected chi connectivity index (χ2v) is 9.36. The summed E-state index contributed by atoms with van der Waals surface area (Å²) in [4.78, 5) is 21.0. The molecule has 0 aliphatic rings. The van der Waals surface area contributed by atoms with E-state index in [-0.39, 0.29) is 16.3 Å². The summed E-state index contributed by atoms with van der Waals surface area (Å²) in [5.41, 5.74) is 1.21. The Labute approximate surface area is 205 Å². The van der Waals surface area contributed by atoms with E-state index in [1.807, 2.05) is 0 Å². The predicted molar refractivity (Wildman–Crippen MR) is 130 cm³/mol. The predicted octanol–water partition coefficient (Wildman–Crippen LogP) is 4.53. The van der Waals surface area contributed by atoms with Crippen molar-refractivity contribution in [2.45, 2.75) is 18.7 Å². The zero-order chi connectivity index (χ0) is 25.0. The molecule has 10 nitrogen and oxygen atoms in total. The minimum Gasteiger partial charge on any atom is -0.493 e. The van der Waals surface area contributed by atoms with Crippen LogP contribution in [-0.2, 0) is 10.0 Å². The monoisotopic (exact) mass is 549 g/mol. The van der Waals surface area contributed by atoms with Crippen LogP contribution in [0.1, 0.15) is 21.9 Å². The minimum atomic E-state index is -4.01. The van der Waals surface area contributed by atoms with Crippen LogP contribution < -0.4 is 19.5 Å². The van der Waals surface area contributed by atoms with Gasteiger partial charge in [0.2, 0.25) is 15.8 Å². The quantitative estimate of drug-likeness (QED) is 0.433. The second kappa shape index (κ2) is 10.3. The number of aryl methyl sites for hydroxylation is 2. The van der Waals surface area contributed by atoms with Crippen LogP contribution >= 0.6 is 15.9 Å². The average molecular weight is 550 g/mol. The van der Waals surface area contributed by atoms with Crippen molar-refractivity contribution in [3.63, 3.8) is 0 Å². The summed E-state index contributed by atoms with van der Waals surface area (Å²) in [6.07, 6.45) is 0. The van der Waals surface area contributed by atoms with Gasteiger partial charge < -0.3 is 29.2 Å². The van der Waals surface area contributed by atoms with Crippen LogP contribution in [0.25, 0.3) is 4.72 Å². The molecule has 3 rings (SSSR count). The maximum absolute atomic E-state index is 12.9. The Bertz CT molecular complexity index is 1310. The lowest BCUT2D eigenvalue weighted by Crippen LogP contribution is -2.14. The maximum Gasteiger partial charge on any atom is 0.257 e. The number of carbonyl (C=O) groups excluding carboxylic acids is 1. The lowest BCUT2D eigenvalue weighted by Gasteiger charge is -2.17. The largest absolute Gasteiger partial charge is 0.493 e. The third kappa shape index (κ3) is 5.39. The van der Waals surface area contributed by atoms with Crippen molar-refractivity contribution in [3.8, 4) is 17.2 Å². The fourth-order valence-electron chi connectivity index (χ4n) is 3.11. The number of anilines is 1. The van der Waals surface area contributed by atoms with E-state index in [0.29, 0.717) is 38.9 Å². The summed E-state index contributed by atoms with van der Waals surface area (Å²) >= 11 is 3.37. The van der Waals surface area contributed by atoms with Gasteiger partial charge in [0, 0.05) is 17.2 Å². The average Bonchev–Trinajstić information content (AvgIpc) is 2.77. The number of ether oxygens (including phenoxy) is 3. The van der Waals surface area contributed by atoms with Crippen molar-refractivity contribution in [2.24, 2.45) is 0 Å². The van der Waals surface area contributed by atoms with Gasteiger partial charge in [-0.2, -0.15) is 0 Å². The van der Waals surface area contributed by atoms with Crippen molar-refractivity contribution >= 4 is 43.4 Å². The molecule has 0 aliphatic carbocycles. The number of hydrogen-bond acceptors (Lipinski definition) is 8. The molecule has 0 aliphatic heterocycles. The molecule has 0 atom stereocenters. The molecule has 34 heavy (non-hydrogen) atoms. The molecule has 0 spiro atoms. The molecule has 1 aromatic heterocycles. The molecular formula is C22H22BrN4O6S-. The molecule has 12 heteroatoms. The summed E-state index contributed by atoms with van der Waals surface area (Å²) in [6, 6.07) is 8.60.